The van der Waals surface area contributed by atoms with Crippen LogP contribution in [0.2, 0.25) is 0 Å². The lowest BCUT2D eigenvalue weighted by atomic mass is 9.57. The molecule has 3 nitrogen and oxygen atoms in total. The molecule has 2 rings (SSSR count). The normalized spacial score (nSPS) is 38.3. The highest BCUT2D eigenvalue weighted by Gasteiger charge is 2.45. The number of hydrogen-bond acceptors (Lipinski definition) is 2. The summed E-state index contributed by atoms with van der Waals surface area (Å²) in [5.41, 5.74) is 1.97. The number of carbonyl (C=O) groups is 1. The van der Waals surface area contributed by atoms with E-state index in [1.54, 1.807) is 7.11 Å². The first-order valence-corrected chi connectivity index (χ1v) is 7.00. The van der Waals surface area contributed by atoms with Crippen LogP contribution >= 0.6 is 0 Å². The number of ether oxygens (including phenoxy) is 1. The third-order valence-electron chi connectivity index (χ3n) is 5.16. The molecule has 0 aromatic rings. The molecule has 0 radical (unpaired) electrons. The molecule has 0 aliphatic heterocycles. The molecule has 2 aliphatic carbocycles. The van der Waals surface area contributed by atoms with Crippen molar-refractivity contribution in [2.75, 3.05) is 7.11 Å². The number of rotatable bonds is 3. The SMILES string of the molecule is C=C(C(=O)O)[C@@H]1CC[C@@]2(C)C[C@@H](OC)C=C(C)[C@@H]2C1. The summed E-state index contributed by atoms with van der Waals surface area (Å²) in [6, 6.07) is 0. The number of carboxylic acids is 1. The Morgan fingerprint density at radius 2 is 2.26 bits per heavy atom. The van der Waals surface area contributed by atoms with E-state index in [-0.39, 0.29) is 17.4 Å². The van der Waals surface area contributed by atoms with Crippen LogP contribution in [0.1, 0.15) is 39.5 Å². The number of fused-ring (bicyclic) bond motifs is 1. The predicted octanol–water partition coefficient (Wildman–Crippen LogP) is 3.41. The Morgan fingerprint density at radius 3 is 2.84 bits per heavy atom. The zero-order valence-electron chi connectivity index (χ0n) is 12.1. The molecule has 0 heterocycles. The van der Waals surface area contributed by atoms with E-state index in [0.717, 1.165) is 25.7 Å². The van der Waals surface area contributed by atoms with Gasteiger partial charge in [0.2, 0.25) is 0 Å². The summed E-state index contributed by atoms with van der Waals surface area (Å²) in [6.45, 7) is 8.22. The predicted molar refractivity (Wildman–Crippen MR) is 74.9 cm³/mol. The van der Waals surface area contributed by atoms with Crippen molar-refractivity contribution < 1.29 is 14.6 Å². The van der Waals surface area contributed by atoms with Crippen LogP contribution in [0.4, 0.5) is 0 Å². The van der Waals surface area contributed by atoms with E-state index in [1.165, 1.54) is 5.57 Å². The third-order valence-corrected chi connectivity index (χ3v) is 5.16. The second-order valence-electron chi connectivity index (χ2n) is 6.40. The summed E-state index contributed by atoms with van der Waals surface area (Å²) in [6.07, 6.45) is 6.36. The number of aliphatic carboxylic acids is 1. The van der Waals surface area contributed by atoms with Gasteiger partial charge in [0, 0.05) is 12.7 Å². The molecule has 106 valence electrons. The van der Waals surface area contributed by atoms with Gasteiger partial charge in [0.1, 0.15) is 0 Å². The highest BCUT2D eigenvalue weighted by molar-refractivity contribution is 5.86. The van der Waals surface area contributed by atoms with Gasteiger partial charge in [-0.25, -0.2) is 4.79 Å². The van der Waals surface area contributed by atoms with E-state index < -0.39 is 5.97 Å². The summed E-state index contributed by atoms with van der Waals surface area (Å²) in [5, 5.41) is 9.11. The van der Waals surface area contributed by atoms with Gasteiger partial charge >= 0.3 is 5.97 Å². The molecule has 0 aromatic heterocycles. The third kappa shape index (κ3) is 2.62. The van der Waals surface area contributed by atoms with Crippen molar-refractivity contribution in [2.24, 2.45) is 17.3 Å². The van der Waals surface area contributed by atoms with Gasteiger partial charge < -0.3 is 9.84 Å². The van der Waals surface area contributed by atoms with Crippen molar-refractivity contribution in [3.63, 3.8) is 0 Å². The van der Waals surface area contributed by atoms with Gasteiger partial charge in [-0.3, -0.25) is 0 Å². The maximum absolute atomic E-state index is 11.1. The average Bonchev–Trinajstić information content (AvgIpc) is 2.36. The van der Waals surface area contributed by atoms with E-state index in [4.69, 9.17) is 9.84 Å². The van der Waals surface area contributed by atoms with Gasteiger partial charge in [0.15, 0.2) is 0 Å². The average molecular weight is 264 g/mol. The molecule has 0 saturated heterocycles. The largest absolute Gasteiger partial charge is 0.478 e. The summed E-state index contributed by atoms with van der Waals surface area (Å²) >= 11 is 0. The molecule has 1 saturated carbocycles. The van der Waals surface area contributed by atoms with E-state index in [9.17, 15) is 4.79 Å². The van der Waals surface area contributed by atoms with Crippen LogP contribution in [-0.2, 0) is 9.53 Å². The summed E-state index contributed by atoms with van der Waals surface area (Å²) in [5.74, 6) is -0.257. The fourth-order valence-electron chi connectivity index (χ4n) is 3.92. The van der Waals surface area contributed by atoms with E-state index in [0.29, 0.717) is 11.5 Å². The topological polar surface area (TPSA) is 46.5 Å². The number of carboxylic acid groups (broad SMARTS) is 1. The van der Waals surface area contributed by atoms with Gasteiger partial charge in [0.05, 0.1) is 6.10 Å². The quantitative estimate of drug-likeness (QED) is 0.627. The Kier molecular flexibility index (Phi) is 3.86. The van der Waals surface area contributed by atoms with E-state index in [1.807, 2.05) is 0 Å². The number of allylic oxidation sites excluding steroid dienone is 1. The Hall–Kier alpha value is -1.09. The van der Waals surface area contributed by atoms with Crippen molar-refractivity contribution in [3.8, 4) is 0 Å². The zero-order valence-corrected chi connectivity index (χ0v) is 12.1. The zero-order chi connectivity index (χ0) is 14.2. The van der Waals surface area contributed by atoms with Crippen LogP contribution < -0.4 is 0 Å². The minimum absolute atomic E-state index is 0.123. The molecule has 0 amide bonds. The van der Waals surface area contributed by atoms with Crippen molar-refractivity contribution in [1.29, 1.82) is 0 Å². The van der Waals surface area contributed by atoms with Crippen molar-refractivity contribution in [2.45, 2.75) is 45.6 Å². The minimum Gasteiger partial charge on any atom is -0.478 e. The van der Waals surface area contributed by atoms with Crippen LogP contribution in [0.15, 0.2) is 23.8 Å². The molecule has 2 aliphatic rings. The van der Waals surface area contributed by atoms with Crippen molar-refractivity contribution in [3.05, 3.63) is 23.8 Å². The first-order chi connectivity index (χ1) is 8.87. The molecule has 19 heavy (non-hydrogen) atoms. The molecule has 0 unspecified atom stereocenters. The Balaban J connectivity index is 2.19. The standard InChI is InChI=1S/C16H24O3/c1-10-7-13(19-4)9-16(3)6-5-12(8-14(10)16)11(2)15(17)18/h7,12-14H,2,5-6,8-9H2,1,3-4H3,(H,17,18)/t12-,13+,14+,16+/m1/s1. The monoisotopic (exact) mass is 264 g/mol. The molecule has 0 bridgehead atoms. The maximum Gasteiger partial charge on any atom is 0.331 e. The second kappa shape index (κ2) is 5.12. The van der Waals surface area contributed by atoms with Crippen LogP contribution in [-0.4, -0.2) is 24.3 Å². The summed E-state index contributed by atoms with van der Waals surface area (Å²) in [7, 11) is 1.76. The first kappa shape index (κ1) is 14.3. The molecular formula is C16H24O3. The molecule has 1 fully saturated rings. The Labute approximate surface area is 115 Å². The lowest BCUT2D eigenvalue weighted by Crippen LogP contribution is -2.41. The molecule has 4 atom stereocenters. The molecule has 0 aromatic carbocycles. The molecule has 3 heteroatoms. The highest BCUT2D eigenvalue weighted by atomic mass is 16.5. The molecule has 1 N–H and O–H groups in total. The second-order valence-corrected chi connectivity index (χ2v) is 6.40. The Morgan fingerprint density at radius 1 is 1.58 bits per heavy atom. The number of methoxy groups -OCH3 is 1. The molecular weight excluding hydrogens is 240 g/mol. The molecule has 0 spiro atoms. The smallest absolute Gasteiger partial charge is 0.331 e. The summed E-state index contributed by atoms with van der Waals surface area (Å²) < 4.78 is 5.50. The van der Waals surface area contributed by atoms with Crippen molar-refractivity contribution >= 4 is 5.97 Å². The van der Waals surface area contributed by atoms with Gasteiger partial charge in [-0.05, 0) is 49.9 Å². The van der Waals surface area contributed by atoms with Crippen molar-refractivity contribution in [1.82, 2.24) is 0 Å². The fraction of sp³-hybridized carbons (Fsp3) is 0.688. The van der Waals surface area contributed by atoms with Crippen LogP contribution in [0.25, 0.3) is 0 Å². The summed E-state index contributed by atoms with van der Waals surface area (Å²) in [4.78, 5) is 11.1. The van der Waals surface area contributed by atoms with Crippen LogP contribution in [0, 0.1) is 17.3 Å². The van der Waals surface area contributed by atoms with Gasteiger partial charge in [-0.1, -0.05) is 25.2 Å². The fourth-order valence-corrected chi connectivity index (χ4v) is 3.92. The lowest BCUT2D eigenvalue weighted by Gasteiger charge is -2.49. The maximum atomic E-state index is 11.1. The van der Waals surface area contributed by atoms with Gasteiger partial charge in [0.25, 0.3) is 0 Å². The van der Waals surface area contributed by atoms with E-state index >= 15 is 0 Å². The van der Waals surface area contributed by atoms with Gasteiger partial charge in [-0.15, -0.1) is 0 Å². The van der Waals surface area contributed by atoms with Crippen LogP contribution in [0.3, 0.4) is 0 Å². The highest BCUT2D eigenvalue weighted by Crippen LogP contribution is 2.53. The number of hydrogen-bond donors (Lipinski definition) is 1. The first-order valence-electron chi connectivity index (χ1n) is 7.00. The Bertz CT molecular complexity index is 424. The van der Waals surface area contributed by atoms with Gasteiger partial charge in [-0.2, -0.15) is 0 Å². The van der Waals surface area contributed by atoms with E-state index in [2.05, 4.69) is 26.5 Å². The minimum atomic E-state index is -0.846. The lowest BCUT2D eigenvalue weighted by molar-refractivity contribution is -0.133. The van der Waals surface area contributed by atoms with Crippen LogP contribution in [0.5, 0.6) is 0 Å².